The first-order valence-electron chi connectivity index (χ1n) is 6.23. The van der Waals surface area contributed by atoms with E-state index in [1.54, 1.807) is 0 Å². The van der Waals surface area contributed by atoms with E-state index in [2.05, 4.69) is 65.3 Å². The van der Waals surface area contributed by atoms with Gasteiger partial charge in [0.2, 0.25) is 0 Å². The molecule has 3 rings (SSSR count). The SMILES string of the molecule is Cc1c(Br)cccc1-c1ccc(C2CCO2)cc1. The summed E-state index contributed by atoms with van der Waals surface area (Å²) in [7, 11) is 0. The fraction of sp³-hybridized carbons (Fsp3) is 0.250. The summed E-state index contributed by atoms with van der Waals surface area (Å²) in [6.07, 6.45) is 1.47. The van der Waals surface area contributed by atoms with Gasteiger partial charge in [-0.25, -0.2) is 0 Å². The van der Waals surface area contributed by atoms with Crippen LogP contribution in [-0.4, -0.2) is 6.61 Å². The Bertz CT molecular complexity index is 556. The lowest BCUT2D eigenvalue weighted by Gasteiger charge is -2.26. The second-order valence-electron chi connectivity index (χ2n) is 4.68. The smallest absolute Gasteiger partial charge is 0.0846 e. The topological polar surface area (TPSA) is 9.23 Å². The van der Waals surface area contributed by atoms with Crippen LogP contribution in [0.3, 0.4) is 0 Å². The van der Waals surface area contributed by atoms with Crippen molar-refractivity contribution in [3.63, 3.8) is 0 Å². The van der Waals surface area contributed by atoms with Crippen LogP contribution in [0.4, 0.5) is 0 Å². The summed E-state index contributed by atoms with van der Waals surface area (Å²) in [5.74, 6) is 0. The third-order valence-electron chi connectivity index (χ3n) is 3.56. The summed E-state index contributed by atoms with van der Waals surface area (Å²) < 4.78 is 6.66. The Labute approximate surface area is 116 Å². The molecule has 1 unspecified atom stereocenters. The standard InChI is InChI=1S/C16H15BrO/c1-11-14(3-2-4-15(11)17)12-5-7-13(8-6-12)16-9-10-18-16/h2-8,16H,9-10H2,1H3. The molecule has 18 heavy (non-hydrogen) atoms. The van der Waals surface area contributed by atoms with Gasteiger partial charge in [0.05, 0.1) is 12.7 Å². The molecule has 1 aliphatic heterocycles. The van der Waals surface area contributed by atoms with Gasteiger partial charge in [-0.1, -0.05) is 52.3 Å². The third-order valence-corrected chi connectivity index (χ3v) is 4.42. The van der Waals surface area contributed by atoms with Crippen molar-refractivity contribution in [2.24, 2.45) is 0 Å². The van der Waals surface area contributed by atoms with Crippen molar-refractivity contribution in [1.29, 1.82) is 0 Å². The number of rotatable bonds is 2. The lowest BCUT2D eigenvalue weighted by Crippen LogP contribution is -2.17. The molecule has 1 heterocycles. The van der Waals surface area contributed by atoms with Crippen LogP contribution < -0.4 is 0 Å². The van der Waals surface area contributed by atoms with Crippen molar-refractivity contribution in [3.8, 4) is 11.1 Å². The van der Waals surface area contributed by atoms with Crippen molar-refractivity contribution in [3.05, 3.63) is 58.1 Å². The van der Waals surface area contributed by atoms with E-state index < -0.39 is 0 Å². The molecule has 0 radical (unpaired) electrons. The molecule has 0 aliphatic carbocycles. The molecule has 2 aromatic rings. The first-order valence-corrected chi connectivity index (χ1v) is 7.02. The lowest BCUT2D eigenvalue weighted by atomic mass is 9.97. The fourth-order valence-electron chi connectivity index (χ4n) is 2.30. The molecular formula is C16H15BrO. The van der Waals surface area contributed by atoms with Gasteiger partial charge in [0.25, 0.3) is 0 Å². The van der Waals surface area contributed by atoms with Crippen LogP contribution >= 0.6 is 15.9 Å². The van der Waals surface area contributed by atoms with Crippen molar-refractivity contribution in [2.75, 3.05) is 6.61 Å². The molecule has 92 valence electrons. The van der Waals surface area contributed by atoms with E-state index in [9.17, 15) is 0 Å². The molecule has 1 aliphatic rings. The normalized spacial score (nSPS) is 18.4. The predicted octanol–water partition coefficient (Wildman–Crippen LogP) is 4.89. The molecule has 1 atom stereocenters. The Morgan fingerprint density at radius 1 is 1.11 bits per heavy atom. The van der Waals surface area contributed by atoms with Crippen LogP contribution in [0.2, 0.25) is 0 Å². The highest BCUT2D eigenvalue weighted by molar-refractivity contribution is 9.10. The van der Waals surface area contributed by atoms with E-state index in [4.69, 9.17) is 4.74 Å². The first-order chi connectivity index (χ1) is 8.75. The Kier molecular flexibility index (Phi) is 3.23. The van der Waals surface area contributed by atoms with E-state index in [-0.39, 0.29) is 0 Å². The van der Waals surface area contributed by atoms with Crippen molar-refractivity contribution >= 4 is 15.9 Å². The Hall–Kier alpha value is -1.12. The Morgan fingerprint density at radius 2 is 1.83 bits per heavy atom. The van der Waals surface area contributed by atoms with Gasteiger partial charge < -0.3 is 4.74 Å². The van der Waals surface area contributed by atoms with Crippen molar-refractivity contribution in [1.82, 2.24) is 0 Å². The number of hydrogen-bond donors (Lipinski definition) is 0. The second kappa shape index (κ2) is 4.87. The van der Waals surface area contributed by atoms with E-state index in [1.165, 1.54) is 22.3 Å². The number of ether oxygens (including phenoxy) is 1. The molecule has 0 amide bonds. The van der Waals surface area contributed by atoms with Crippen LogP contribution in [0.1, 0.15) is 23.7 Å². The van der Waals surface area contributed by atoms with Crippen molar-refractivity contribution in [2.45, 2.75) is 19.4 Å². The van der Waals surface area contributed by atoms with Gasteiger partial charge in [0.1, 0.15) is 0 Å². The first kappa shape index (κ1) is 11.9. The van der Waals surface area contributed by atoms with Gasteiger partial charge in [-0.3, -0.25) is 0 Å². The monoisotopic (exact) mass is 302 g/mol. The highest BCUT2D eigenvalue weighted by Crippen LogP contribution is 2.32. The zero-order chi connectivity index (χ0) is 12.5. The number of hydrogen-bond acceptors (Lipinski definition) is 1. The summed E-state index contributed by atoms with van der Waals surface area (Å²) in [4.78, 5) is 0. The summed E-state index contributed by atoms with van der Waals surface area (Å²) in [6.45, 7) is 3.04. The van der Waals surface area contributed by atoms with Gasteiger partial charge in [-0.05, 0) is 35.2 Å². The maximum atomic E-state index is 5.50. The quantitative estimate of drug-likeness (QED) is 0.768. The van der Waals surface area contributed by atoms with Crippen LogP contribution in [0, 0.1) is 6.92 Å². The fourth-order valence-corrected chi connectivity index (χ4v) is 2.66. The van der Waals surface area contributed by atoms with Crippen LogP contribution in [0.25, 0.3) is 11.1 Å². The molecule has 0 saturated carbocycles. The van der Waals surface area contributed by atoms with E-state index >= 15 is 0 Å². The van der Waals surface area contributed by atoms with Gasteiger partial charge in [-0.2, -0.15) is 0 Å². The second-order valence-corrected chi connectivity index (χ2v) is 5.54. The van der Waals surface area contributed by atoms with Crippen LogP contribution in [0.5, 0.6) is 0 Å². The molecular weight excluding hydrogens is 288 g/mol. The predicted molar refractivity (Wildman–Crippen MR) is 77.6 cm³/mol. The third kappa shape index (κ3) is 2.11. The molecule has 2 aromatic carbocycles. The summed E-state index contributed by atoms with van der Waals surface area (Å²) in [6, 6.07) is 15.1. The zero-order valence-corrected chi connectivity index (χ0v) is 11.9. The molecule has 0 N–H and O–H groups in total. The number of benzene rings is 2. The summed E-state index contributed by atoms with van der Waals surface area (Å²) >= 11 is 3.58. The minimum absolute atomic E-state index is 0.322. The highest BCUT2D eigenvalue weighted by atomic mass is 79.9. The maximum Gasteiger partial charge on any atom is 0.0846 e. The largest absolute Gasteiger partial charge is 0.373 e. The summed E-state index contributed by atoms with van der Waals surface area (Å²) in [5.41, 5.74) is 5.12. The summed E-state index contributed by atoms with van der Waals surface area (Å²) in [5, 5.41) is 0. The van der Waals surface area contributed by atoms with Gasteiger partial charge in [0.15, 0.2) is 0 Å². The molecule has 0 bridgehead atoms. The molecule has 1 nitrogen and oxygen atoms in total. The number of halogens is 1. The maximum absolute atomic E-state index is 5.50. The van der Waals surface area contributed by atoms with Crippen molar-refractivity contribution < 1.29 is 4.74 Å². The molecule has 0 aromatic heterocycles. The van der Waals surface area contributed by atoms with Gasteiger partial charge in [0, 0.05) is 10.9 Å². The van der Waals surface area contributed by atoms with Crippen LogP contribution in [0.15, 0.2) is 46.9 Å². The highest BCUT2D eigenvalue weighted by Gasteiger charge is 2.19. The minimum Gasteiger partial charge on any atom is -0.373 e. The molecule has 1 fully saturated rings. The van der Waals surface area contributed by atoms with E-state index in [1.807, 2.05) is 0 Å². The molecule has 1 saturated heterocycles. The molecule has 2 heteroatoms. The Morgan fingerprint density at radius 3 is 2.44 bits per heavy atom. The van der Waals surface area contributed by atoms with E-state index in [0.29, 0.717) is 6.10 Å². The molecule has 0 spiro atoms. The lowest BCUT2D eigenvalue weighted by molar-refractivity contribution is -0.0527. The minimum atomic E-state index is 0.322. The van der Waals surface area contributed by atoms with Gasteiger partial charge >= 0.3 is 0 Å². The zero-order valence-electron chi connectivity index (χ0n) is 10.3. The average Bonchev–Trinajstić information content (AvgIpc) is 2.32. The Balaban J connectivity index is 1.94. The van der Waals surface area contributed by atoms with Gasteiger partial charge in [-0.15, -0.1) is 0 Å². The van der Waals surface area contributed by atoms with Crippen LogP contribution in [-0.2, 0) is 4.74 Å². The van der Waals surface area contributed by atoms with E-state index in [0.717, 1.165) is 17.5 Å². The average molecular weight is 303 g/mol.